The van der Waals surface area contributed by atoms with Gasteiger partial charge < -0.3 is 0 Å². The third-order valence-electron chi connectivity index (χ3n) is 6.72. The van der Waals surface area contributed by atoms with Crippen molar-refractivity contribution in [2.45, 2.75) is 52.4 Å². The number of aryl methyl sites for hydroxylation is 4. The van der Waals surface area contributed by atoms with Crippen LogP contribution in [0.25, 0.3) is 10.8 Å². The molecule has 0 heterocycles. The van der Waals surface area contributed by atoms with Gasteiger partial charge in [-0.05, 0) is 104 Å². The van der Waals surface area contributed by atoms with E-state index in [1.165, 1.54) is 16.7 Å². The number of rotatable bonds is 9. The summed E-state index contributed by atoms with van der Waals surface area (Å²) >= 11 is 0. The predicted octanol–water partition coefficient (Wildman–Crippen LogP) is 9.18. The molecule has 0 bridgehead atoms. The van der Waals surface area contributed by atoms with E-state index < -0.39 is 0 Å². The van der Waals surface area contributed by atoms with Crippen LogP contribution in [0.4, 0.5) is 4.39 Å². The molecule has 0 unspecified atom stereocenters. The quantitative estimate of drug-likeness (QED) is 0.163. The van der Waals surface area contributed by atoms with E-state index in [9.17, 15) is 4.39 Å². The molecule has 0 aromatic heterocycles. The van der Waals surface area contributed by atoms with Crippen LogP contribution in [-0.2, 0) is 25.7 Å². The Balaban J connectivity index is 1.35. The van der Waals surface area contributed by atoms with E-state index in [4.69, 9.17) is 0 Å². The van der Waals surface area contributed by atoms with Gasteiger partial charge in [-0.2, -0.15) is 0 Å². The van der Waals surface area contributed by atoms with E-state index in [-0.39, 0.29) is 5.82 Å². The smallest absolute Gasteiger partial charge is 0.134 e. The molecule has 0 spiro atoms. The molecular formula is C36H35F. The Morgan fingerprint density at radius 2 is 1.14 bits per heavy atom. The van der Waals surface area contributed by atoms with Gasteiger partial charge in [-0.1, -0.05) is 90.7 Å². The van der Waals surface area contributed by atoms with Gasteiger partial charge in [-0.15, -0.1) is 0 Å². The molecule has 0 atom stereocenters. The molecule has 37 heavy (non-hydrogen) atoms. The summed E-state index contributed by atoms with van der Waals surface area (Å²) in [6.07, 6.45) is 14.2. The van der Waals surface area contributed by atoms with Crippen molar-refractivity contribution in [3.05, 3.63) is 142 Å². The first-order chi connectivity index (χ1) is 18.2. The van der Waals surface area contributed by atoms with E-state index >= 15 is 0 Å². The molecule has 0 N–H and O–H groups in total. The fraction of sp³-hybridized carbons (Fsp3) is 0.222. The van der Waals surface area contributed by atoms with Gasteiger partial charge in [-0.3, -0.25) is 0 Å². The van der Waals surface area contributed by atoms with Crippen LogP contribution in [0.2, 0.25) is 0 Å². The summed E-state index contributed by atoms with van der Waals surface area (Å²) in [5.74, 6) is 6.39. The van der Waals surface area contributed by atoms with Crippen LogP contribution < -0.4 is 0 Å². The monoisotopic (exact) mass is 486 g/mol. The second-order valence-electron chi connectivity index (χ2n) is 9.45. The lowest BCUT2D eigenvalue weighted by atomic mass is 10.0. The molecule has 0 fully saturated rings. The van der Waals surface area contributed by atoms with Gasteiger partial charge in [0, 0.05) is 16.5 Å². The van der Waals surface area contributed by atoms with Crippen molar-refractivity contribution in [3.63, 3.8) is 0 Å². The van der Waals surface area contributed by atoms with E-state index in [2.05, 4.69) is 85.5 Å². The van der Waals surface area contributed by atoms with Gasteiger partial charge in [0.2, 0.25) is 0 Å². The third kappa shape index (κ3) is 7.55. The molecule has 0 amide bonds. The molecule has 0 nitrogen and oxygen atoms in total. The van der Waals surface area contributed by atoms with E-state index in [0.717, 1.165) is 54.2 Å². The lowest BCUT2D eigenvalue weighted by molar-refractivity contribution is 0.621. The van der Waals surface area contributed by atoms with Crippen molar-refractivity contribution >= 4 is 10.8 Å². The highest BCUT2D eigenvalue weighted by molar-refractivity contribution is 5.85. The van der Waals surface area contributed by atoms with Gasteiger partial charge in [0.25, 0.3) is 0 Å². The zero-order chi connectivity index (χ0) is 25.9. The van der Waals surface area contributed by atoms with E-state index in [1.807, 2.05) is 43.3 Å². The molecule has 0 aliphatic carbocycles. The maximum absolute atomic E-state index is 14.9. The summed E-state index contributed by atoms with van der Waals surface area (Å²) in [7, 11) is 0. The molecule has 0 aliphatic heterocycles. The minimum absolute atomic E-state index is 0.113. The Kier molecular flexibility index (Phi) is 9.50. The molecule has 4 aromatic rings. The molecule has 4 rings (SSSR count). The predicted molar refractivity (Wildman–Crippen MR) is 156 cm³/mol. The van der Waals surface area contributed by atoms with Crippen LogP contribution in [-0.4, -0.2) is 0 Å². The molecule has 0 saturated heterocycles. The van der Waals surface area contributed by atoms with Crippen LogP contribution in [0.15, 0.2) is 103 Å². The Bertz CT molecular complexity index is 1420. The molecule has 0 radical (unpaired) electrons. The largest absolute Gasteiger partial charge is 0.206 e. The maximum Gasteiger partial charge on any atom is 0.134 e. The van der Waals surface area contributed by atoms with Gasteiger partial charge >= 0.3 is 0 Å². The summed E-state index contributed by atoms with van der Waals surface area (Å²) < 4.78 is 14.9. The third-order valence-corrected chi connectivity index (χ3v) is 6.72. The van der Waals surface area contributed by atoms with Crippen molar-refractivity contribution in [1.29, 1.82) is 0 Å². The van der Waals surface area contributed by atoms with Gasteiger partial charge in [0.05, 0.1) is 0 Å². The minimum Gasteiger partial charge on any atom is -0.206 e. The topological polar surface area (TPSA) is 0 Å². The SMILES string of the molecule is C/C=C/CCc1ccc(CCc2ccc(C#Cc3ccc4c(F)c(CC/C=C/C)ccc4c3)cc2)cc1. The van der Waals surface area contributed by atoms with Crippen LogP contribution >= 0.6 is 0 Å². The van der Waals surface area contributed by atoms with Crippen LogP contribution in [0.3, 0.4) is 0 Å². The van der Waals surface area contributed by atoms with E-state index in [1.54, 1.807) is 0 Å². The lowest BCUT2D eigenvalue weighted by Crippen LogP contribution is -1.92. The molecule has 0 saturated carbocycles. The Morgan fingerprint density at radius 3 is 1.78 bits per heavy atom. The zero-order valence-corrected chi connectivity index (χ0v) is 21.9. The number of halogens is 1. The van der Waals surface area contributed by atoms with Crippen molar-refractivity contribution in [1.82, 2.24) is 0 Å². The first-order valence-corrected chi connectivity index (χ1v) is 13.3. The summed E-state index contributed by atoms with van der Waals surface area (Å²) in [4.78, 5) is 0. The number of benzene rings is 4. The summed E-state index contributed by atoms with van der Waals surface area (Å²) in [6.45, 7) is 4.06. The minimum atomic E-state index is -0.113. The first kappa shape index (κ1) is 26.2. The van der Waals surface area contributed by atoms with Crippen molar-refractivity contribution in [2.75, 3.05) is 0 Å². The summed E-state index contributed by atoms with van der Waals surface area (Å²) in [5.41, 5.74) is 6.73. The first-order valence-electron chi connectivity index (χ1n) is 13.3. The fourth-order valence-corrected chi connectivity index (χ4v) is 4.49. The van der Waals surface area contributed by atoms with Gasteiger partial charge in [-0.25, -0.2) is 4.39 Å². The second kappa shape index (κ2) is 13.4. The maximum atomic E-state index is 14.9. The Hall–Kier alpha value is -3.89. The highest BCUT2D eigenvalue weighted by Gasteiger charge is 2.07. The van der Waals surface area contributed by atoms with Crippen LogP contribution in [0.1, 0.15) is 60.1 Å². The number of allylic oxidation sites excluding steroid dienone is 4. The number of hydrogen-bond donors (Lipinski definition) is 0. The van der Waals surface area contributed by atoms with Gasteiger partial charge in [0.1, 0.15) is 5.82 Å². The van der Waals surface area contributed by atoms with E-state index in [0.29, 0.717) is 11.8 Å². The molecular weight excluding hydrogens is 451 g/mol. The standard InChI is InChI=1S/C36H35F/c1-3-5-7-9-28-11-13-29(14-12-28)15-16-30-17-19-31(20-18-30)21-22-32-23-26-35-34(27-32)25-24-33(36(35)37)10-8-6-4-2/h3-6,11-14,17-20,23-27H,7-10,15-16H2,1-2H3/b5-3+,6-4+. The molecule has 0 aliphatic rings. The van der Waals surface area contributed by atoms with Crippen LogP contribution in [0.5, 0.6) is 0 Å². The van der Waals surface area contributed by atoms with Crippen LogP contribution in [0, 0.1) is 17.7 Å². The average molecular weight is 487 g/mol. The normalized spacial score (nSPS) is 11.3. The molecule has 1 heteroatoms. The number of fused-ring (bicyclic) bond motifs is 1. The fourth-order valence-electron chi connectivity index (χ4n) is 4.49. The Labute approximate surface area is 221 Å². The second-order valence-corrected chi connectivity index (χ2v) is 9.45. The average Bonchev–Trinajstić information content (AvgIpc) is 2.93. The Morgan fingerprint density at radius 1 is 0.595 bits per heavy atom. The van der Waals surface area contributed by atoms with Crippen molar-refractivity contribution in [2.24, 2.45) is 0 Å². The number of hydrogen-bond acceptors (Lipinski definition) is 0. The highest BCUT2D eigenvalue weighted by Crippen LogP contribution is 2.23. The van der Waals surface area contributed by atoms with Gasteiger partial charge in [0.15, 0.2) is 0 Å². The van der Waals surface area contributed by atoms with Crippen molar-refractivity contribution in [3.8, 4) is 11.8 Å². The lowest BCUT2D eigenvalue weighted by Gasteiger charge is -2.06. The zero-order valence-electron chi connectivity index (χ0n) is 21.9. The van der Waals surface area contributed by atoms with Crippen molar-refractivity contribution < 1.29 is 4.39 Å². The molecule has 186 valence electrons. The summed E-state index contributed by atoms with van der Waals surface area (Å²) in [6, 6.07) is 27.2. The highest BCUT2D eigenvalue weighted by atomic mass is 19.1. The summed E-state index contributed by atoms with van der Waals surface area (Å²) in [5, 5.41) is 1.55. The molecule has 4 aromatic carbocycles.